The molecule has 2 unspecified atom stereocenters. The normalized spacial score (nSPS) is 20.8. The van der Waals surface area contributed by atoms with Gasteiger partial charge < -0.3 is 4.74 Å². The molecule has 17 heavy (non-hydrogen) atoms. The highest BCUT2D eigenvalue weighted by molar-refractivity contribution is 9.09. The highest BCUT2D eigenvalue weighted by Gasteiger charge is 2.26. The summed E-state index contributed by atoms with van der Waals surface area (Å²) in [5, 5.41) is 0.980. The third-order valence-electron chi connectivity index (χ3n) is 3.34. The van der Waals surface area contributed by atoms with Gasteiger partial charge in [-0.1, -0.05) is 53.2 Å². The molecule has 0 saturated heterocycles. The molecule has 0 aliphatic carbocycles. The molecule has 0 bridgehead atoms. The molecule has 1 nitrogen and oxygen atoms in total. The zero-order valence-corrected chi connectivity index (χ0v) is 11.8. The number of hydrogen-bond donors (Lipinski definition) is 0. The van der Waals surface area contributed by atoms with Crippen LogP contribution in [-0.4, -0.2) is 11.4 Å². The highest BCUT2D eigenvalue weighted by atomic mass is 79.9. The lowest BCUT2D eigenvalue weighted by Crippen LogP contribution is -2.17. The minimum Gasteiger partial charge on any atom is -0.494 e. The van der Waals surface area contributed by atoms with Crippen molar-refractivity contribution in [3.05, 3.63) is 47.7 Å². The molecule has 1 aliphatic heterocycles. The first-order valence-corrected chi connectivity index (χ1v) is 7.44. The van der Waals surface area contributed by atoms with Crippen LogP contribution in [0.4, 0.5) is 0 Å². The monoisotopic (exact) mass is 294 g/mol. The van der Waals surface area contributed by atoms with E-state index in [1.54, 1.807) is 0 Å². The number of alkyl halides is 1. The van der Waals surface area contributed by atoms with E-state index >= 15 is 0 Å². The fourth-order valence-corrected chi connectivity index (χ4v) is 2.84. The van der Waals surface area contributed by atoms with Crippen LogP contribution < -0.4 is 0 Å². The maximum absolute atomic E-state index is 6.04. The number of halogens is 1. The molecule has 1 aromatic carbocycles. The van der Waals surface area contributed by atoms with E-state index in [0.29, 0.717) is 12.0 Å². The van der Waals surface area contributed by atoms with Crippen LogP contribution in [0.1, 0.15) is 37.7 Å². The summed E-state index contributed by atoms with van der Waals surface area (Å²) in [5.41, 5.74) is 1.40. The Kier molecular flexibility index (Phi) is 4.66. The van der Waals surface area contributed by atoms with Gasteiger partial charge in [-0.05, 0) is 18.1 Å². The molecule has 2 rings (SSSR count). The molecule has 0 spiro atoms. The van der Waals surface area contributed by atoms with Gasteiger partial charge in [0, 0.05) is 24.1 Å². The number of rotatable bonds is 5. The van der Waals surface area contributed by atoms with Gasteiger partial charge in [-0.3, -0.25) is 0 Å². The van der Waals surface area contributed by atoms with Crippen LogP contribution in [0.2, 0.25) is 0 Å². The number of allylic oxidation sites excluding steroid dienone is 1. The summed E-state index contributed by atoms with van der Waals surface area (Å²) in [7, 11) is 0. The Morgan fingerprint density at radius 3 is 2.76 bits per heavy atom. The van der Waals surface area contributed by atoms with Crippen molar-refractivity contribution in [1.82, 2.24) is 0 Å². The van der Waals surface area contributed by atoms with Crippen LogP contribution in [0.15, 0.2) is 42.2 Å². The van der Waals surface area contributed by atoms with Crippen LogP contribution in [0.3, 0.4) is 0 Å². The Balaban J connectivity index is 2.02. The van der Waals surface area contributed by atoms with Gasteiger partial charge in [-0.2, -0.15) is 0 Å². The van der Waals surface area contributed by atoms with Crippen LogP contribution in [-0.2, 0) is 4.74 Å². The number of benzene rings is 1. The van der Waals surface area contributed by atoms with Crippen molar-refractivity contribution in [2.75, 3.05) is 5.33 Å². The molecular formula is C15H19BrO. The van der Waals surface area contributed by atoms with E-state index in [0.717, 1.165) is 30.4 Å². The SMILES string of the molecule is CCC(c1ccccc1)C1CC=C(CCBr)O1. The summed E-state index contributed by atoms with van der Waals surface area (Å²) in [4.78, 5) is 0. The Morgan fingerprint density at radius 2 is 2.12 bits per heavy atom. The second kappa shape index (κ2) is 6.25. The van der Waals surface area contributed by atoms with Crippen LogP contribution in [0.5, 0.6) is 0 Å². The smallest absolute Gasteiger partial charge is 0.109 e. The molecule has 2 heteroatoms. The van der Waals surface area contributed by atoms with Gasteiger partial charge in [0.25, 0.3) is 0 Å². The Bertz CT molecular complexity index is 372. The van der Waals surface area contributed by atoms with Crippen molar-refractivity contribution in [3.8, 4) is 0 Å². The molecule has 0 amide bonds. The van der Waals surface area contributed by atoms with E-state index in [9.17, 15) is 0 Å². The van der Waals surface area contributed by atoms with Gasteiger partial charge in [0.15, 0.2) is 0 Å². The van der Waals surface area contributed by atoms with E-state index in [1.807, 2.05) is 0 Å². The lowest BCUT2D eigenvalue weighted by Gasteiger charge is -2.23. The van der Waals surface area contributed by atoms with Crippen LogP contribution >= 0.6 is 15.9 Å². The summed E-state index contributed by atoms with van der Waals surface area (Å²) in [6, 6.07) is 10.7. The van der Waals surface area contributed by atoms with Crippen LogP contribution in [0, 0.1) is 0 Å². The summed E-state index contributed by atoms with van der Waals surface area (Å²) >= 11 is 3.46. The van der Waals surface area contributed by atoms with Gasteiger partial charge in [0.05, 0.1) is 5.76 Å². The molecule has 0 saturated carbocycles. The topological polar surface area (TPSA) is 9.23 Å². The maximum Gasteiger partial charge on any atom is 0.109 e. The minimum absolute atomic E-state index is 0.330. The van der Waals surface area contributed by atoms with Crippen molar-refractivity contribution in [3.63, 3.8) is 0 Å². The van der Waals surface area contributed by atoms with E-state index in [4.69, 9.17) is 4.74 Å². The van der Waals surface area contributed by atoms with Crippen molar-refractivity contribution < 1.29 is 4.74 Å². The molecule has 0 fully saturated rings. The molecule has 2 atom stereocenters. The summed E-state index contributed by atoms with van der Waals surface area (Å²) in [6.07, 6.45) is 5.76. The third-order valence-corrected chi connectivity index (χ3v) is 3.73. The molecule has 92 valence electrons. The molecule has 0 radical (unpaired) electrons. The Morgan fingerprint density at radius 1 is 1.35 bits per heavy atom. The summed E-state index contributed by atoms with van der Waals surface area (Å²) < 4.78 is 6.04. The number of hydrogen-bond acceptors (Lipinski definition) is 1. The predicted octanol–water partition coefficient (Wildman–Crippen LogP) is 4.64. The van der Waals surface area contributed by atoms with E-state index in [1.165, 1.54) is 5.56 Å². The standard InChI is InChI=1S/C15H19BrO/c1-2-14(12-6-4-3-5-7-12)15-9-8-13(17-15)10-11-16/h3-8,14-15H,2,9-11H2,1H3. The summed E-state index contributed by atoms with van der Waals surface area (Å²) in [6.45, 7) is 2.24. The van der Waals surface area contributed by atoms with Crippen molar-refractivity contribution in [2.45, 2.75) is 38.2 Å². The molecule has 1 heterocycles. The predicted molar refractivity (Wildman–Crippen MR) is 75.5 cm³/mol. The summed E-state index contributed by atoms with van der Waals surface area (Å²) in [5.74, 6) is 1.67. The van der Waals surface area contributed by atoms with E-state index in [-0.39, 0.29) is 0 Å². The Hall–Kier alpha value is -0.760. The van der Waals surface area contributed by atoms with Crippen molar-refractivity contribution >= 4 is 15.9 Å². The number of ether oxygens (including phenoxy) is 1. The van der Waals surface area contributed by atoms with Gasteiger partial charge in [0.1, 0.15) is 6.10 Å². The first-order chi connectivity index (χ1) is 8.35. The first-order valence-electron chi connectivity index (χ1n) is 6.31. The van der Waals surface area contributed by atoms with E-state index < -0.39 is 0 Å². The quantitative estimate of drug-likeness (QED) is 0.719. The minimum atomic E-state index is 0.330. The van der Waals surface area contributed by atoms with E-state index in [2.05, 4.69) is 59.3 Å². The average molecular weight is 295 g/mol. The lowest BCUT2D eigenvalue weighted by atomic mass is 9.90. The first kappa shape index (κ1) is 12.7. The molecular weight excluding hydrogens is 276 g/mol. The zero-order valence-electron chi connectivity index (χ0n) is 10.2. The second-order valence-corrected chi connectivity index (χ2v) is 5.22. The third kappa shape index (κ3) is 3.12. The fourth-order valence-electron chi connectivity index (χ4n) is 2.45. The lowest BCUT2D eigenvalue weighted by molar-refractivity contribution is 0.111. The molecule has 0 aromatic heterocycles. The van der Waals surface area contributed by atoms with Gasteiger partial charge in [0.2, 0.25) is 0 Å². The van der Waals surface area contributed by atoms with Gasteiger partial charge in [-0.15, -0.1) is 0 Å². The molecule has 1 aliphatic rings. The van der Waals surface area contributed by atoms with Crippen LogP contribution in [0.25, 0.3) is 0 Å². The van der Waals surface area contributed by atoms with Crippen molar-refractivity contribution in [1.29, 1.82) is 0 Å². The largest absolute Gasteiger partial charge is 0.494 e. The second-order valence-electron chi connectivity index (χ2n) is 4.43. The highest BCUT2D eigenvalue weighted by Crippen LogP contribution is 2.33. The van der Waals surface area contributed by atoms with Gasteiger partial charge in [-0.25, -0.2) is 0 Å². The van der Waals surface area contributed by atoms with Crippen molar-refractivity contribution in [2.24, 2.45) is 0 Å². The zero-order chi connectivity index (χ0) is 12.1. The van der Waals surface area contributed by atoms with Gasteiger partial charge >= 0.3 is 0 Å². The maximum atomic E-state index is 6.04. The average Bonchev–Trinajstić information content (AvgIpc) is 2.81. The molecule has 0 N–H and O–H groups in total. The fraction of sp³-hybridized carbons (Fsp3) is 0.467. The Labute approximate surface area is 112 Å². The molecule has 1 aromatic rings.